The van der Waals surface area contributed by atoms with Crippen LogP contribution >= 0.6 is 11.6 Å². The largest absolute Gasteiger partial charge is 0.351 e. The fourth-order valence-electron chi connectivity index (χ4n) is 1.65. The second-order valence-electron chi connectivity index (χ2n) is 4.01. The summed E-state index contributed by atoms with van der Waals surface area (Å²) < 4.78 is 10.3. The maximum absolute atomic E-state index is 10.7. The molecule has 6 nitrogen and oxygen atoms in total. The van der Waals surface area contributed by atoms with Crippen LogP contribution < -0.4 is 11.2 Å². The Morgan fingerprint density at radius 2 is 1.95 bits per heavy atom. The first-order chi connectivity index (χ1) is 9.56. The molecule has 0 saturated carbocycles. The number of rotatable bonds is 7. The van der Waals surface area contributed by atoms with E-state index in [1.807, 2.05) is 24.3 Å². The molecule has 0 unspecified atom stereocenters. The van der Waals surface area contributed by atoms with E-state index in [1.165, 1.54) is 14.2 Å². The Morgan fingerprint density at radius 1 is 1.35 bits per heavy atom. The smallest absolute Gasteiger partial charge is 0.332 e. The highest BCUT2D eigenvalue weighted by Gasteiger charge is 2.15. The van der Waals surface area contributed by atoms with Crippen molar-refractivity contribution in [1.82, 2.24) is 5.43 Å². The fraction of sp³-hybridized carbons (Fsp3) is 0.385. The molecule has 7 heteroatoms. The second-order valence-corrected chi connectivity index (χ2v) is 4.45. The van der Waals surface area contributed by atoms with E-state index >= 15 is 0 Å². The molecule has 0 heterocycles. The number of nitrogens with one attached hydrogen (secondary N) is 1. The monoisotopic (exact) mass is 299 g/mol. The number of aryl methyl sites for hydroxylation is 1. The van der Waals surface area contributed by atoms with Gasteiger partial charge < -0.3 is 15.2 Å². The number of carbonyl (C=O) groups excluding carboxylic acids is 1. The molecule has 20 heavy (non-hydrogen) atoms. The number of amides is 2. The Balaban J connectivity index is 2.71. The molecule has 0 aliphatic rings. The number of halogens is 1. The molecule has 0 aliphatic carbocycles. The van der Waals surface area contributed by atoms with Gasteiger partial charge in [-0.25, -0.2) is 10.2 Å². The molecule has 0 aromatic heterocycles. The topological polar surface area (TPSA) is 85.9 Å². The molecule has 110 valence electrons. The minimum absolute atomic E-state index is 0.545. The van der Waals surface area contributed by atoms with Gasteiger partial charge in [0.05, 0.1) is 5.71 Å². The lowest BCUT2D eigenvalue weighted by Crippen LogP contribution is -2.31. The summed E-state index contributed by atoms with van der Waals surface area (Å²) in [5.41, 5.74) is 8.82. The van der Waals surface area contributed by atoms with E-state index in [4.69, 9.17) is 26.8 Å². The van der Waals surface area contributed by atoms with Gasteiger partial charge >= 0.3 is 6.03 Å². The van der Waals surface area contributed by atoms with Crippen molar-refractivity contribution in [2.45, 2.75) is 19.1 Å². The zero-order valence-corrected chi connectivity index (χ0v) is 12.2. The number of primary amides is 1. The van der Waals surface area contributed by atoms with E-state index in [1.54, 1.807) is 0 Å². The Kier molecular flexibility index (Phi) is 7.00. The average Bonchev–Trinajstić information content (AvgIpc) is 2.43. The van der Waals surface area contributed by atoms with Gasteiger partial charge in [-0.2, -0.15) is 5.10 Å². The van der Waals surface area contributed by atoms with Gasteiger partial charge in [0, 0.05) is 19.2 Å². The molecule has 2 amide bonds. The molecule has 0 saturated heterocycles. The van der Waals surface area contributed by atoms with Gasteiger partial charge in [0.2, 0.25) is 0 Å². The predicted molar refractivity (Wildman–Crippen MR) is 77.7 cm³/mol. The van der Waals surface area contributed by atoms with Crippen molar-refractivity contribution in [3.63, 3.8) is 0 Å². The molecule has 0 aliphatic heterocycles. The Labute approximate surface area is 122 Å². The number of nitrogens with two attached hydrogens (primary N) is 1. The van der Waals surface area contributed by atoms with Crippen LogP contribution in [0, 0.1) is 0 Å². The number of hydrazone groups is 1. The molecular weight excluding hydrogens is 282 g/mol. The first-order valence-corrected chi connectivity index (χ1v) is 6.36. The molecule has 3 N–H and O–H groups in total. The summed E-state index contributed by atoms with van der Waals surface area (Å²) >= 11 is 5.83. The van der Waals surface area contributed by atoms with Crippen molar-refractivity contribution < 1.29 is 14.3 Å². The van der Waals surface area contributed by atoms with E-state index < -0.39 is 12.3 Å². The van der Waals surface area contributed by atoms with Crippen LogP contribution in [-0.4, -0.2) is 32.3 Å². The first-order valence-electron chi connectivity index (χ1n) is 5.98. The number of nitrogens with zero attached hydrogens (tertiary/aromatic N) is 1. The van der Waals surface area contributed by atoms with Gasteiger partial charge in [-0.1, -0.05) is 23.7 Å². The Morgan fingerprint density at radius 3 is 2.45 bits per heavy atom. The molecule has 0 bridgehead atoms. The van der Waals surface area contributed by atoms with E-state index in [0.29, 0.717) is 23.6 Å². The maximum Gasteiger partial charge on any atom is 0.332 e. The van der Waals surface area contributed by atoms with Crippen LogP contribution in [0.1, 0.15) is 12.0 Å². The zero-order chi connectivity index (χ0) is 15.0. The summed E-state index contributed by atoms with van der Waals surface area (Å²) in [5.74, 6) is 0. The van der Waals surface area contributed by atoms with Gasteiger partial charge in [-0.05, 0) is 30.5 Å². The van der Waals surface area contributed by atoms with Gasteiger partial charge in [0.15, 0.2) is 6.29 Å². The van der Waals surface area contributed by atoms with Crippen molar-refractivity contribution in [2.75, 3.05) is 14.2 Å². The van der Waals surface area contributed by atoms with E-state index in [0.717, 1.165) is 5.56 Å². The fourth-order valence-corrected chi connectivity index (χ4v) is 1.77. The van der Waals surface area contributed by atoms with Crippen LogP contribution in [0.2, 0.25) is 5.02 Å². The summed E-state index contributed by atoms with van der Waals surface area (Å²) in [6, 6.07) is 6.76. The Hall–Kier alpha value is -1.63. The highest BCUT2D eigenvalue weighted by atomic mass is 35.5. The van der Waals surface area contributed by atoms with Crippen LogP contribution in [0.25, 0.3) is 0 Å². The highest BCUT2D eigenvalue weighted by Crippen LogP contribution is 2.12. The van der Waals surface area contributed by atoms with Gasteiger partial charge in [-0.15, -0.1) is 0 Å². The third kappa shape index (κ3) is 5.56. The lowest BCUT2D eigenvalue weighted by Gasteiger charge is -2.16. The summed E-state index contributed by atoms with van der Waals surface area (Å²) in [4.78, 5) is 10.7. The number of urea groups is 1. The van der Waals surface area contributed by atoms with Crippen molar-refractivity contribution in [3.05, 3.63) is 34.9 Å². The van der Waals surface area contributed by atoms with Gasteiger partial charge in [-0.3, -0.25) is 0 Å². The molecule has 0 radical (unpaired) electrons. The Bertz CT molecular complexity index is 458. The quantitative estimate of drug-likeness (QED) is 0.458. The zero-order valence-electron chi connectivity index (χ0n) is 11.4. The molecule has 1 aromatic rings. The molecule has 0 spiro atoms. The third-order valence-corrected chi connectivity index (χ3v) is 2.84. The summed E-state index contributed by atoms with van der Waals surface area (Å²) in [7, 11) is 2.99. The number of ether oxygens (including phenoxy) is 2. The summed E-state index contributed by atoms with van der Waals surface area (Å²) in [6.07, 6.45) is 0.627. The standard InChI is InChI=1S/C13H18ClN3O3/c1-19-12(20-2)11(16-17-13(15)18)8-5-9-3-6-10(14)7-4-9/h3-4,6-7,12H,5,8H2,1-2H3,(H3,15,17,18). The number of methoxy groups -OCH3 is 2. The lowest BCUT2D eigenvalue weighted by atomic mass is 10.1. The van der Waals surface area contributed by atoms with Crippen LogP contribution in [0.3, 0.4) is 0 Å². The normalized spacial score (nSPS) is 11.7. The minimum Gasteiger partial charge on any atom is -0.351 e. The highest BCUT2D eigenvalue weighted by molar-refractivity contribution is 6.30. The predicted octanol–water partition coefficient (Wildman–Crippen LogP) is 1.92. The van der Waals surface area contributed by atoms with Crippen molar-refractivity contribution in [3.8, 4) is 0 Å². The lowest BCUT2D eigenvalue weighted by molar-refractivity contribution is -0.0534. The molecular formula is C13H18ClN3O3. The van der Waals surface area contributed by atoms with E-state index in [-0.39, 0.29) is 0 Å². The van der Waals surface area contributed by atoms with Gasteiger partial charge in [0.1, 0.15) is 0 Å². The van der Waals surface area contributed by atoms with Crippen LogP contribution in [0.5, 0.6) is 0 Å². The van der Waals surface area contributed by atoms with Crippen LogP contribution in [0.15, 0.2) is 29.4 Å². The van der Waals surface area contributed by atoms with Crippen molar-refractivity contribution >= 4 is 23.3 Å². The first kappa shape index (κ1) is 16.4. The van der Waals surface area contributed by atoms with E-state index in [9.17, 15) is 4.79 Å². The van der Waals surface area contributed by atoms with E-state index in [2.05, 4.69) is 10.5 Å². The summed E-state index contributed by atoms with van der Waals surface area (Å²) in [6.45, 7) is 0. The average molecular weight is 300 g/mol. The molecule has 1 rings (SSSR count). The van der Waals surface area contributed by atoms with Gasteiger partial charge in [0.25, 0.3) is 0 Å². The maximum atomic E-state index is 10.7. The summed E-state index contributed by atoms with van der Waals surface area (Å²) in [5, 5.41) is 4.60. The molecule has 1 aromatic carbocycles. The second kappa shape index (κ2) is 8.52. The van der Waals surface area contributed by atoms with Crippen molar-refractivity contribution in [1.29, 1.82) is 0 Å². The molecule has 0 fully saturated rings. The third-order valence-electron chi connectivity index (χ3n) is 2.59. The number of carbonyl (C=O) groups is 1. The van der Waals surface area contributed by atoms with Crippen LogP contribution in [0.4, 0.5) is 4.79 Å². The minimum atomic E-state index is -0.736. The van der Waals surface area contributed by atoms with Crippen LogP contribution in [-0.2, 0) is 15.9 Å². The SMILES string of the molecule is COC(OC)C(CCc1ccc(Cl)cc1)=NNC(N)=O. The number of hydrogen-bond acceptors (Lipinski definition) is 4. The number of benzene rings is 1. The van der Waals surface area contributed by atoms with Crippen molar-refractivity contribution in [2.24, 2.45) is 10.8 Å². The number of hydrogen-bond donors (Lipinski definition) is 2. The molecule has 0 atom stereocenters.